The standard InChI is InChI=1S/C18H15ClFN3O4/c19-13-3-1-12(2-4-13)17(24)21-7-9-22(10-8-21)18(25)15-6-5-14(23(26)27)11-16(15)20/h1-6,11H,7-10H2. The molecule has 2 aromatic rings. The molecule has 0 atom stereocenters. The van der Waals surface area contributed by atoms with E-state index in [9.17, 15) is 24.1 Å². The van der Waals surface area contributed by atoms with Crippen molar-refractivity contribution in [2.24, 2.45) is 0 Å². The molecule has 1 saturated heterocycles. The maximum atomic E-state index is 14.0. The number of hydrogen-bond donors (Lipinski definition) is 0. The molecule has 0 radical (unpaired) electrons. The van der Waals surface area contributed by atoms with Gasteiger partial charge in [0, 0.05) is 42.8 Å². The van der Waals surface area contributed by atoms with Gasteiger partial charge in [-0.1, -0.05) is 11.6 Å². The van der Waals surface area contributed by atoms with Crippen LogP contribution in [0.1, 0.15) is 20.7 Å². The molecule has 2 amide bonds. The summed E-state index contributed by atoms with van der Waals surface area (Å²) < 4.78 is 14.0. The van der Waals surface area contributed by atoms with E-state index in [1.807, 2.05) is 0 Å². The minimum absolute atomic E-state index is 0.166. The number of benzene rings is 2. The van der Waals surface area contributed by atoms with E-state index in [0.717, 1.165) is 18.2 Å². The Hall–Kier alpha value is -3.00. The summed E-state index contributed by atoms with van der Waals surface area (Å²) in [4.78, 5) is 37.9. The highest BCUT2D eigenvalue weighted by Gasteiger charge is 2.27. The van der Waals surface area contributed by atoms with Gasteiger partial charge in [-0.15, -0.1) is 0 Å². The van der Waals surface area contributed by atoms with Crippen molar-refractivity contribution in [1.82, 2.24) is 9.80 Å². The summed E-state index contributed by atoms with van der Waals surface area (Å²) in [5, 5.41) is 11.2. The van der Waals surface area contributed by atoms with Crippen LogP contribution in [0.3, 0.4) is 0 Å². The zero-order chi connectivity index (χ0) is 19.6. The molecule has 1 fully saturated rings. The Kier molecular flexibility index (Phi) is 5.36. The van der Waals surface area contributed by atoms with Gasteiger partial charge in [-0.2, -0.15) is 0 Å². The monoisotopic (exact) mass is 391 g/mol. The molecule has 1 aliphatic heterocycles. The van der Waals surface area contributed by atoms with E-state index in [-0.39, 0.29) is 24.6 Å². The van der Waals surface area contributed by atoms with Gasteiger partial charge >= 0.3 is 0 Å². The van der Waals surface area contributed by atoms with Gasteiger partial charge in [-0.05, 0) is 30.3 Å². The number of nitro groups is 1. The van der Waals surface area contributed by atoms with Gasteiger partial charge in [0.1, 0.15) is 5.82 Å². The molecule has 9 heteroatoms. The number of halogens is 2. The Bertz CT molecular complexity index is 896. The Morgan fingerprint density at radius 1 is 0.963 bits per heavy atom. The Morgan fingerprint density at radius 3 is 2.04 bits per heavy atom. The summed E-state index contributed by atoms with van der Waals surface area (Å²) in [6, 6.07) is 9.46. The van der Waals surface area contributed by atoms with Crippen LogP contribution in [0.25, 0.3) is 0 Å². The Balaban J connectivity index is 1.65. The lowest BCUT2D eigenvalue weighted by molar-refractivity contribution is -0.385. The minimum Gasteiger partial charge on any atom is -0.335 e. The molecule has 0 saturated carbocycles. The summed E-state index contributed by atoms with van der Waals surface area (Å²) in [6.45, 7) is 1.10. The number of rotatable bonds is 3. The minimum atomic E-state index is -0.936. The number of non-ortho nitro benzene ring substituents is 1. The summed E-state index contributed by atoms with van der Waals surface area (Å²) in [5.41, 5.74) is -0.138. The number of carbonyl (C=O) groups is 2. The van der Waals surface area contributed by atoms with Crippen molar-refractivity contribution in [2.45, 2.75) is 0 Å². The van der Waals surface area contributed by atoms with Crippen molar-refractivity contribution in [2.75, 3.05) is 26.2 Å². The van der Waals surface area contributed by atoms with Gasteiger partial charge in [0.2, 0.25) is 0 Å². The van der Waals surface area contributed by atoms with Crippen molar-refractivity contribution in [3.05, 3.63) is 74.5 Å². The highest BCUT2D eigenvalue weighted by Crippen LogP contribution is 2.19. The number of hydrogen-bond acceptors (Lipinski definition) is 4. The van der Waals surface area contributed by atoms with Crippen molar-refractivity contribution < 1.29 is 18.9 Å². The summed E-state index contributed by atoms with van der Waals surface area (Å²) in [5.74, 6) is -1.66. The van der Waals surface area contributed by atoms with Crippen molar-refractivity contribution in [3.8, 4) is 0 Å². The van der Waals surface area contributed by atoms with Crippen LogP contribution >= 0.6 is 11.6 Å². The first-order valence-corrected chi connectivity index (χ1v) is 8.52. The van der Waals surface area contributed by atoms with Crippen LogP contribution in [-0.2, 0) is 0 Å². The molecule has 0 N–H and O–H groups in total. The maximum Gasteiger partial charge on any atom is 0.272 e. The predicted octanol–water partition coefficient (Wildman–Crippen LogP) is 2.99. The number of piperazine rings is 1. The summed E-state index contributed by atoms with van der Waals surface area (Å²) >= 11 is 5.82. The van der Waals surface area contributed by atoms with Gasteiger partial charge in [0.05, 0.1) is 16.6 Å². The first kappa shape index (κ1) is 18.8. The largest absolute Gasteiger partial charge is 0.335 e. The topological polar surface area (TPSA) is 83.8 Å². The molecule has 0 bridgehead atoms. The molecule has 0 unspecified atom stereocenters. The molecule has 27 heavy (non-hydrogen) atoms. The summed E-state index contributed by atoms with van der Waals surface area (Å²) in [6.07, 6.45) is 0. The number of carbonyl (C=O) groups excluding carboxylic acids is 2. The smallest absolute Gasteiger partial charge is 0.272 e. The van der Waals surface area contributed by atoms with E-state index < -0.39 is 22.3 Å². The summed E-state index contributed by atoms with van der Waals surface area (Å²) in [7, 11) is 0. The van der Waals surface area contributed by atoms with Crippen LogP contribution in [0, 0.1) is 15.9 Å². The third-order valence-corrected chi connectivity index (χ3v) is 4.59. The maximum absolute atomic E-state index is 14.0. The van der Waals surface area contributed by atoms with Gasteiger partial charge in [-0.25, -0.2) is 4.39 Å². The average Bonchev–Trinajstić information content (AvgIpc) is 2.67. The van der Waals surface area contributed by atoms with Crippen LogP contribution < -0.4 is 0 Å². The van der Waals surface area contributed by atoms with Crippen LogP contribution in [0.15, 0.2) is 42.5 Å². The molecule has 3 rings (SSSR count). The van der Waals surface area contributed by atoms with Gasteiger partial charge in [-0.3, -0.25) is 19.7 Å². The highest BCUT2D eigenvalue weighted by atomic mass is 35.5. The molecular weight excluding hydrogens is 377 g/mol. The number of nitro benzene ring substituents is 1. The first-order chi connectivity index (χ1) is 12.9. The number of amides is 2. The van der Waals surface area contributed by atoms with Crippen LogP contribution in [0.5, 0.6) is 0 Å². The highest BCUT2D eigenvalue weighted by molar-refractivity contribution is 6.30. The normalized spacial score (nSPS) is 14.1. The third-order valence-electron chi connectivity index (χ3n) is 4.34. The second-order valence-electron chi connectivity index (χ2n) is 6.01. The quantitative estimate of drug-likeness (QED) is 0.594. The molecule has 7 nitrogen and oxygen atoms in total. The zero-order valence-corrected chi connectivity index (χ0v) is 14.9. The van der Waals surface area contributed by atoms with E-state index in [1.165, 1.54) is 4.90 Å². The molecule has 1 aliphatic rings. The lowest BCUT2D eigenvalue weighted by atomic mass is 10.1. The fourth-order valence-electron chi connectivity index (χ4n) is 2.85. The molecule has 0 aliphatic carbocycles. The average molecular weight is 392 g/mol. The van der Waals surface area contributed by atoms with Gasteiger partial charge in [0.15, 0.2) is 0 Å². The Labute approximate surface area is 159 Å². The molecule has 140 valence electrons. The molecule has 1 heterocycles. The van der Waals surface area contributed by atoms with Crippen molar-refractivity contribution >= 4 is 29.1 Å². The van der Waals surface area contributed by atoms with Crippen LogP contribution in [-0.4, -0.2) is 52.7 Å². The van der Waals surface area contributed by atoms with Crippen molar-refractivity contribution in [1.29, 1.82) is 0 Å². The second kappa shape index (κ2) is 7.71. The fourth-order valence-corrected chi connectivity index (χ4v) is 2.98. The molecular formula is C18H15ClFN3O4. The molecule has 0 aromatic heterocycles. The second-order valence-corrected chi connectivity index (χ2v) is 6.45. The zero-order valence-electron chi connectivity index (χ0n) is 14.1. The van der Waals surface area contributed by atoms with E-state index in [0.29, 0.717) is 23.7 Å². The number of nitrogens with zero attached hydrogens (tertiary/aromatic N) is 3. The predicted molar refractivity (Wildman–Crippen MR) is 96.3 cm³/mol. The fraction of sp³-hybridized carbons (Fsp3) is 0.222. The van der Waals surface area contributed by atoms with E-state index >= 15 is 0 Å². The van der Waals surface area contributed by atoms with Crippen LogP contribution in [0.2, 0.25) is 5.02 Å². The van der Waals surface area contributed by atoms with Crippen molar-refractivity contribution in [3.63, 3.8) is 0 Å². The SMILES string of the molecule is O=C(c1ccc(Cl)cc1)N1CCN(C(=O)c2ccc([N+](=O)[O-])cc2F)CC1. The van der Waals surface area contributed by atoms with Crippen LogP contribution in [0.4, 0.5) is 10.1 Å². The molecule has 0 spiro atoms. The van der Waals surface area contributed by atoms with Gasteiger partial charge in [0.25, 0.3) is 17.5 Å². The first-order valence-electron chi connectivity index (χ1n) is 8.15. The van der Waals surface area contributed by atoms with E-state index in [4.69, 9.17) is 11.6 Å². The van der Waals surface area contributed by atoms with Gasteiger partial charge < -0.3 is 9.80 Å². The lowest BCUT2D eigenvalue weighted by Crippen LogP contribution is -2.50. The van der Waals surface area contributed by atoms with E-state index in [1.54, 1.807) is 29.2 Å². The lowest BCUT2D eigenvalue weighted by Gasteiger charge is -2.35. The Morgan fingerprint density at radius 2 is 1.52 bits per heavy atom. The van der Waals surface area contributed by atoms with E-state index in [2.05, 4.69) is 0 Å². The molecule has 2 aromatic carbocycles. The third kappa shape index (κ3) is 4.06.